The van der Waals surface area contributed by atoms with Crippen LogP contribution in [-0.2, 0) is 24.3 Å². The van der Waals surface area contributed by atoms with Crippen LogP contribution in [0.5, 0.6) is 5.75 Å². The fourth-order valence-corrected chi connectivity index (χ4v) is 3.18. The van der Waals surface area contributed by atoms with Gasteiger partial charge < -0.3 is 14.2 Å². The molecule has 0 aliphatic heterocycles. The largest absolute Gasteiger partial charge is 0.513 e. The number of thiophene rings is 1. The number of hydrogen-bond donors (Lipinski definition) is 1. The predicted octanol–water partition coefficient (Wildman–Crippen LogP) is 0.345. The Morgan fingerprint density at radius 3 is 2.58 bits per heavy atom. The highest BCUT2D eigenvalue weighted by Crippen LogP contribution is 2.29. The maximum atomic E-state index is 11.9. The topological polar surface area (TPSA) is 108 Å². The van der Waals surface area contributed by atoms with Crippen LogP contribution < -0.4 is 9.46 Å². The van der Waals surface area contributed by atoms with Crippen molar-refractivity contribution in [2.75, 3.05) is 20.8 Å². The molecule has 1 rings (SSSR count). The Labute approximate surface area is 113 Å². The van der Waals surface area contributed by atoms with E-state index in [2.05, 4.69) is 14.2 Å². The minimum Gasteiger partial charge on any atom is -0.468 e. The van der Waals surface area contributed by atoms with Crippen LogP contribution in [0.1, 0.15) is 0 Å². The summed E-state index contributed by atoms with van der Waals surface area (Å²) < 4.78 is 38.7. The molecule has 0 aromatic carbocycles. The van der Waals surface area contributed by atoms with Crippen LogP contribution in [0, 0.1) is 0 Å². The fraction of sp³-hybridized carbons (Fsp3) is 0.333. The van der Waals surface area contributed by atoms with E-state index in [1.54, 1.807) is 0 Å². The van der Waals surface area contributed by atoms with Gasteiger partial charge >= 0.3 is 12.1 Å². The minimum absolute atomic E-state index is 0.172. The Bertz CT molecular complexity index is 563. The highest BCUT2D eigenvalue weighted by molar-refractivity contribution is 7.91. The third kappa shape index (κ3) is 4.19. The summed E-state index contributed by atoms with van der Waals surface area (Å²) in [5.74, 6) is -0.912. The molecule has 0 atom stereocenters. The highest BCUT2D eigenvalue weighted by Gasteiger charge is 2.24. The standard InChI is InChI=1S/C9H11NO7S2/c1-15-7(11)5-10-19(13,14)8-6(3-4-18-8)17-9(12)16-2/h3-4,10H,5H2,1-2H3. The molecule has 0 amide bonds. The number of nitrogens with one attached hydrogen (secondary N) is 1. The number of carbonyl (C=O) groups excluding carboxylic acids is 2. The van der Waals surface area contributed by atoms with Gasteiger partial charge in [0.25, 0.3) is 10.0 Å². The van der Waals surface area contributed by atoms with E-state index in [9.17, 15) is 18.0 Å². The van der Waals surface area contributed by atoms with E-state index in [1.165, 1.54) is 11.4 Å². The first-order valence-corrected chi connectivity index (χ1v) is 7.16. The van der Waals surface area contributed by atoms with Crippen LogP contribution in [0.25, 0.3) is 0 Å². The molecule has 0 unspecified atom stereocenters. The SMILES string of the molecule is COC(=O)CNS(=O)(=O)c1sccc1OC(=O)OC. The first kappa shape index (κ1) is 15.4. The number of sulfonamides is 1. The van der Waals surface area contributed by atoms with Crippen molar-refractivity contribution < 1.29 is 32.2 Å². The number of carbonyl (C=O) groups is 2. The monoisotopic (exact) mass is 309 g/mol. The lowest BCUT2D eigenvalue weighted by Gasteiger charge is -2.06. The Balaban J connectivity index is 2.87. The van der Waals surface area contributed by atoms with Crippen molar-refractivity contribution in [3.63, 3.8) is 0 Å². The molecule has 10 heteroatoms. The summed E-state index contributed by atoms with van der Waals surface area (Å²) >= 11 is 0.833. The Kier molecular flexibility index (Phi) is 5.27. The second-order valence-electron chi connectivity index (χ2n) is 3.03. The van der Waals surface area contributed by atoms with Crippen LogP contribution in [0.15, 0.2) is 15.7 Å². The molecule has 0 aliphatic carbocycles. The second kappa shape index (κ2) is 6.50. The van der Waals surface area contributed by atoms with Crippen molar-refractivity contribution in [3.05, 3.63) is 11.4 Å². The summed E-state index contributed by atoms with van der Waals surface area (Å²) in [5.41, 5.74) is 0. The van der Waals surface area contributed by atoms with Crippen LogP contribution >= 0.6 is 11.3 Å². The van der Waals surface area contributed by atoms with Gasteiger partial charge in [0, 0.05) is 0 Å². The predicted molar refractivity (Wildman–Crippen MR) is 64.6 cm³/mol. The molecule has 0 saturated carbocycles. The number of esters is 1. The number of methoxy groups -OCH3 is 2. The molecule has 0 fully saturated rings. The van der Waals surface area contributed by atoms with Gasteiger partial charge in [-0.05, 0) is 11.4 Å². The zero-order chi connectivity index (χ0) is 14.5. The van der Waals surface area contributed by atoms with Gasteiger partial charge in [0.05, 0.1) is 14.2 Å². The maximum absolute atomic E-state index is 11.9. The lowest BCUT2D eigenvalue weighted by molar-refractivity contribution is -0.139. The summed E-state index contributed by atoms with van der Waals surface area (Å²) in [4.78, 5) is 21.8. The molecular formula is C9H11NO7S2. The maximum Gasteiger partial charge on any atom is 0.513 e. The minimum atomic E-state index is -3.97. The zero-order valence-electron chi connectivity index (χ0n) is 10.0. The van der Waals surface area contributed by atoms with E-state index in [0.717, 1.165) is 25.6 Å². The first-order chi connectivity index (χ1) is 8.90. The van der Waals surface area contributed by atoms with Crippen molar-refractivity contribution in [3.8, 4) is 5.75 Å². The first-order valence-electron chi connectivity index (χ1n) is 4.80. The zero-order valence-corrected chi connectivity index (χ0v) is 11.7. The normalized spacial score (nSPS) is 10.8. The van der Waals surface area contributed by atoms with E-state index in [4.69, 9.17) is 0 Å². The molecular weight excluding hydrogens is 298 g/mol. The number of hydrogen-bond acceptors (Lipinski definition) is 8. The Hall–Kier alpha value is -1.65. The van der Waals surface area contributed by atoms with Gasteiger partial charge in [0.15, 0.2) is 9.96 Å². The molecule has 1 aromatic rings. The van der Waals surface area contributed by atoms with Crippen LogP contribution in [0.4, 0.5) is 4.79 Å². The molecule has 0 radical (unpaired) electrons. The third-order valence-corrected chi connectivity index (χ3v) is 4.68. The molecule has 1 aromatic heterocycles. The lowest BCUT2D eigenvalue weighted by Crippen LogP contribution is -2.30. The average molecular weight is 309 g/mol. The smallest absolute Gasteiger partial charge is 0.468 e. The third-order valence-electron chi connectivity index (χ3n) is 1.83. The van der Waals surface area contributed by atoms with E-state index >= 15 is 0 Å². The summed E-state index contributed by atoms with van der Waals surface area (Å²) in [6.45, 7) is -0.519. The molecule has 0 aliphatic rings. The molecule has 0 bridgehead atoms. The number of ether oxygens (including phenoxy) is 3. The van der Waals surface area contributed by atoms with Gasteiger partial charge in [-0.15, -0.1) is 11.3 Å². The van der Waals surface area contributed by atoms with Gasteiger partial charge in [0.2, 0.25) is 0 Å². The molecule has 1 heterocycles. The summed E-state index contributed by atoms with van der Waals surface area (Å²) in [6, 6.07) is 1.30. The summed E-state index contributed by atoms with van der Waals surface area (Å²) in [7, 11) is -1.74. The van der Waals surface area contributed by atoms with Crippen LogP contribution in [-0.4, -0.2) is 41.3 Å². The van der Waals surface area contributed by atoms with Gasteiger partial charge in [-0.1, -0.05) is 0 Å². The molecule has 8 nitrogen and oxygen atoms in total. The molecule has 1 N–H and O–H groups in total. The van der Waals surface area contributed by atoms with Crippen molar-refractivity contribution in [2.24, 2.45) is 0 Å². The quantitative estimate of drug-likeness (QED) is 0.781. The second-order valence-corrected chi connectivity index (χ2v) is 5.91. The van der Waals surface area contributed by atoms with E-state index < -0.39 is 28.7 Å². The fourth-order valence-electron chi connectivity index (χ4n) is 0.978. The van der Waals surface area contributed by atoms with Gasteiger partial charge in [-0.3, -0.25) is 4.79 Å². The molecule has 19 heavy (non-hydrogen) atoms. The van der Waals surface area contributed by atoms with Crippen LogP contribution in [0.3, 0.4) is 0 Å². The van der Waals surface area contributed by atoms with Gasteiger partial charge in [-0.2, -0.15) is 4.72 Å². The van der Waals surface area contributed by atoms with Crippen LogP contribution in [0.2, 0.25) is 0 Å². The average Bonchev–Trinajstić information content (AvgIpc) is 2.84. The summed E-state index contributed by atoms with van der Waals surface area (Å²) in [6.07, 6.45) is -1.04. The molecule has 0 saturated heterocycles. The summed E-state index contributed by atoms with van der Waals surface area (Å²) in [5, 5.41) is 1.42. The van der Waals surface area contributed by atoms with Crippen molar-refractivity contribution >= 4 is 33.5 Å². The van der Waals surface area contributed by atoms with Gasteiger partial charge in [0.1, 0.15) is 6.54 Å². The molecule has 106 valence electrons. The van der Waals surface area contributed by atoms with Crippen molar-refractivity contribution in [1.29, 1.82) is 0 Å². The van der Waals surface area contributed by atoms with E-state index in [-0.39, 0.29) is 9.96 Å². The van der Waals surface area contributed by atoms with Crippen molar-refractivity contribution in [1.82, 2.24) is 4.72 Å². The lowest BCUT2D eigenvalue weighted by atomic mass is 10.6. The molecule has 0 spiro atoms. The Morgan fingerprint density at radius 1 is 1.32 bits per heavy atom. The van der Waals surface area contributed by atoms with Crippen molar-refractivity contribution in [2.45, 2.75) is 4.21 Å². The van der Waals surface area contributed by atoms with Gasteiger partial charge in [-0.25, -0.2) is 13.2 Å². The van der Waals surface area contributed by atoms with E-state index in [0.29, 0.717) is 0 Å². The highest BCUT2D eigenvalue weighted by atomic mass is 32.2. The Morgan fingerprint density at radius 2 is 2.00 bits per heavy atom. The number of rotatable bonds is 5. The van der Waals surface area contributed by atoms with E-state index in [1.807, 2.05) is 4.72 Å².